The molecule has 29 heavy (non-hydrogen) atoms. The van der Waals surface area contributed by atoms with E-state index < -0.39 is 10.0 Å². The molecule has 4 rings (SSSR count). The molecule has 1 N–H and O–H groups in total. The zero-order valence-electron chi connectivity index (χ0n) is 16.3. The SMILES string of the molecule is COc1ccc(S(=O)(=O)N2CCC[C@@H]2c2ncc(-c3cccc(OC)c3)[nH]2)cc1. The molecule has 0 saturated carbocycles. The molecular weight excluding hydrogens is 390 g/mol. The van der Waals surface area contributed by atoms with Gasteiger partial charge in [-0.25, -0.2) is 13.4 Å². The van der Waals surface area contributed by atoms with E-state index in [1.807, 2.05) is 24.3 Å². The fraction of sp³-hybridized carbons (Fsp3) is 0.286. The Balaban J connectivity index is 1.62. The number of hydrogen-bond acceptors (Lipinski definition) is 5. The van der Waals surface area contributed by atoms with Crippen molar-refractivity contribution in [3.8, 4) is 22.8 Å². The zero-order valence-corrected chi connectivity index (χ0v) is 17.1. The lowest BCUT2D eigenvalue weighted by Gasteiger charge is -2.22. The average molecular weight is 413 g/mol. The van der Waals surface area contributed by atoms with Crippen LogP contribution in [-0.4, -0.2) is 43.5 Å². The van der Waals surface area contributed by atoms with Gasteiger partial charge in [0.05, 0.1) is 37.0 Å². The number of H-pyrrole nitrogens is 1. The third kappa shape index (κ3) is 3.73. The Morgan fingerprint density at radius 2 is 1.83 bits per heavy atom. The number of nitrogens with zero attached hydrogens (tertiary/aromatic N) is 2. The van der Waals surface area contributed by atoms with Gasteiger partial charge in [-0.2, -0.15) is 4.31 Å². The van der Waals surface area contributed by atoms with Gasteiger partial charge >= 0.3 is 0 Å². The van der Waals surface area contributed by atoms with Gasteiger partial charge in [-0.1, -0.05) is 12.1 Å². The van der Waals surface area contributed by atoms with E-state index in [4.69, 9.17) is 9.47 Å². The third-order valence-electron chi connectivity index (χ3n) is 5.16. The number of hydrogen-bond donors (Lipinski definition) is 1. The van der Waals surface area contributed by atoms with Crippen molar-refractivity contribution in [2.75, 3.05) is 20.8 Å². The number of rotatable bonds is 6. The molecule has 0 aliphatic carbocycles. The minimum absolute atomic E-state index is 0.254. The standard InChI is InChI=1S/C21H23N3O4S/c1-27-16-8-10-18(11-9-16)29(25,26)24-12-4-7-20(24)21-22-14-19(23-21)15-5-3-6-17(13-15)28-2/h3,5-6,8-11,13-14,20H,4,7,12H2,1-2H3,(H,22,23)/t20-/m1/s1. The number of benzene rings is 2. The first-order chi connectivity index (χ1) is 14.0. The summed E-state index contributed by atoms with van der Waals surface area (Å²) in [4.78, 5) is 8.05. The molecule has 1 aromatic heterocycles. The van der Waals surface area contributed by atoms with E-state index in [0.717, 1.165) is 29.8 Å². The van der Waals surface area contributed by atoms with Crippen molar-refractivity contribution in [3.05, 3.63) is 60.6 Å². The molecule has 1 aliphatic heterocycles. The molecule has 1 atom stereocenters. The summed E-state index contributed by atoms with van der Waals surface area (Å²) >= 11 is 0. The lowest BCUT2D eigenvalue weighted by Crippen LogP contribution is -2.31. The highest BCUT2D eigenvalue weighted by Crippen LogP contribution is 2.36. The summed E-state index contributed by atoms with van der Waals surface area (Å²) in [6.07, 6.45) is 3.25. The van der Waals surface area contributed by atoms with Crippen molar-refractivity contribution >= 4 is 10.0 Å². The molecule has 1 saturated heterocycles. The van der Waals surface area contributed by atoms with Crippen LogP contribution in [0.5, 0.6) is 11.5 Å². The summed E-state index contributed by atoms with van der Waals surface area (Å²) in [5, 5.41) is 0. The largest absolute Gasteiger partial charge is 0.497 e. The molecule has 0 amide bonds. The van der Waals surface area contributed by atoms with E-state index in [1.165, 1.54) is 4.31 Å². The Morgan fingerprint density at radius 3 is 2.55 bits per heavy atom. The average Bonchev–Trinajstić information content (AvgIpc) is 3.43. The molecule has 8 heteroatoms. The van der Waals surface area contributed by atoms with E-state index in [2.05, 4.69) is 9.97 Å². The Kier molecular flexibility index (Phi) is 5.29. The van der Waals surface area contributed by atoms with Crippen molar-refractivity contribution in [2.45, 2.75) is 23.8 Å². The van der Waals surface area contributed by atoms with Crippen LogP contribution >= 0.6 is 0 Å². The molecule has 7 nitrogen and oxygen atoms in total. The maximum absolute atomic E-state index is 13.2. The highest BCUT2D eigenvalue weighted by molar-refractivity contribution is 7.89. The van der Waals surface area contributed by atoms with E-state index >= 15 is 0 Å². The van der Waals surface area contributed by atoms with Crippen LogP contribution in [-0.2, 0) is 10.0 Å². The molecule has 1 fully saturated rings. The predicted octanol–water partition coefficient (Wildman–Crippen LogP) is 3.62. The lowest BCUT2D eigenvalue weighted by atomic mass is 10.1. The Bertz CT molecular complexity index is 1090. The van der Waals surface area contributed by atoms with Crippen LogP contribution in [0.2, 0.25) is 0 Å². The number of aromatic amines is 1. The minimum atomic E-state index is -3.63. The Morgan fingerprint density at radius 1 is 1.07 bits per heavy atom. The minimum Gasteiger partial charge on any atom is -0.497 e. The fourth-order valence-corrected chi connectivity index (χ4v) is 5.29. The normalized spacial score (nSPS) is 17.4. The second-order valence-electron chi connectivity index (χ2n) is 6.86. The maximum atomic E-state index is 13.2. The summed E-state index contributed by atoms with van der Waals surface area (Å²) in [7, 11) is -0.454. The van der Waals surface area contributed by atoms with E-state index in [0.29, 0.717) is 18.1 Å². The molecule has 2 aromatic carbocycles. The van der Waals surface area contributed by atoms with Gasteiger partial charge in [0.1, 0.15) is 17.3 Å². The number of ether oxygens (including phenoxy) is 2. The van der Waals surface area contributed by atoms with Crippen molar-refractivity contribution in [1.82, 2.24) is 14.3 Å². The van der Waals surface area contributed by atoms with Gasteiger partial charge < -0.3 is 14.5 Å². The van der Waals surface area contributed by atoms with E-state index in [9.17, 15) is 8.42 Å². The fourth-order valence-electron chi connectivity index (χ4n) is 3.63. The second kappa shape index (κ2) is 7.88. The molecule has 1 aliphatic rings. The predicted molar refractivity (Wildman–Crippen MR) is 109 cm³/mol. The molecule has 152 valence electrons. The maximum Gasteiger partial charge on any atom is 0.243 e. The van der Waals surface area contributed by atoms with Crippen LogP contribution in [0.15, 0.2) is 59.6 Å². The summed E-state index contributed by atoms with van der Waals surface area (Å²) in [6.45, 7) is 0.466. The third-order valence-corrected chi connectivity index (χ3v) is 7.08. The molecule has 0 spiro atoms. The van der Waals surface area contributed by atoms with Crippen LogP contribution in [0.4, 0.5) is 0 Å². The summed E-state index contributed by atoms with van der Waals surface area (Å²) in [5.41, 5.74) is 1.76. The van der Waals surface area contributed by atoms with E-state index in [-0.39, 0.29) is 10.9 Å². The molecule has 0 unspecified atom stereocenters. The zero-order chi connectivity index (χ0) is 20.4. The van der Waals surface area contributed by atoms with Crippen LogP contribution in [0.3, 0.4) is 0 Å². The number of sulfonamides is 1. The number of imidazole rings is 1. The summed E-state index contributed by atoms with van der Waals surface area (Å²) in [6, 6.07) is 13.8. The van der Waals surface area contributed by atoms with Gasteiger partial charge in [0.25, 0.3) is 0 Å². The van der Waals surface area contributed by atoms with Gasteiger partial charge in [-0.3, -0.25) is 0 Å². The van der Waals surface area contributed by atoms with Crippen LogP contribution in [0.1, 0.15) is 24.7 Å². The van der Waals surface area contributed by atoms with Crippen molar-refractivity contribution in [3.63, 3.8) is 0 Å². The highest BCUT2D eigenvalue weighted by atomic mass is 32.2. The summed E-state index contributed by atoms with van der Waals surface area (Å²) in [5.74, 6) is 2.02. The molecule has 2 heterocycles. The highest BCUT2D eigenvalue weighted by Gasteiger charge is 2.37. The molecule has 0 bridgehead atoms. The van der Waals surface area contributed by atoms with Crippen molar-refractivity contribution < 1.29 is 17.9 Å². The number of aromatic nitrogens is 2. The van der Waals surface area contributed by atoms with Crippen LogP contribution < -0.4 is 9.47 Å². The molecular formula is C21H23N3O4S. The van der Waals surface area contributed by atoms with Crippen molar-refractivity contribution in [2.24, 2.45) is 0 Å². The topological polar surface area (TPSA) is 84.5 Å². The first kappa shape index (κ1) is 19.5. The monoisotopic (exact) mass is 413 g/mol. The quantitative estimate of drug-likeness (QED) is 0.667. The van der Waals surface area contributed by atoms with Gasteiger partial charge in [0.2, 0.25) is 10.0 Å². The van der Waals surface area contributed by atoms with Gasteiger partial charge in [0, 0.05) is 12.1 Å². The number of nitrogens with one attached hydrogen (secondary N) is 1. The van der Waals surface area contributed by atoms with Gasteiger partial charge in [-0.05, 0) is 49.2 Å². The molecule has 0 radical (unpaired) electrons. The van der Waals surface area contributed by atoms with E-state index in [1.54, 1.807) is 44.7 Å². The first-order valence-corrected chi connectivity index (χ1v) is 10.8. The summed E-state index contributed by atoms with van der Waals surface area (Å²) < 4.78 is 38.3. The Labute approximate surface area is 170 Å². The lowest BCUT2D eigenvalue weighted by molar-refractivity contribution is 0.385. The van der Waals surface area contributed by atoms with Gasteiger partial charge in [0.15, 0.2) is 0 Å². The second-order valence-corrected chi connectivity index (χ2v) is 8.75. The van der Waals surface area contributed by atoms with Gasteiger partial charge in [-0.15, -0.1) is 0 Å². The van der Waals surface area contributed by atoms with Crippen LogP contribution in [0.25, 0.3) is 11.3 Å². The first-order valence-electron chi connectivity index (χ1n) is 9.38. The van der Waals surface area contributed by atoms with Crippen LogP contribution in [0, 0.1) is 0 Å². The van der Waals surface area contributed by atoms with Crippen molar-refractivity contribution in [1.29, 1.82) is 0 Å². The Hall–Kier alpha value is -2.84. The molecule has 3 aromatic rings. The number of methoxy groups -OCH3 is 2. The smallest absolute Gasteiger partial charge is 0.243 e.